The van der Waals surface area contributed by atoms with E-state index in [2.05, 4.69) is 0 Å². The fraction of sp³-hybridized carbons (Fsp3) is 1.00. The third-order valence-corrected chi connectivity index (χ3v) is 2.74. The standard InChI is InChI=1S/C3H10O6SSi.Na.H/c4-10(5,6)2-1-3-11(7,8)9;;/h7-9H,1-3H2,(H,4,5,6);;. The third-order valence-electron chi connectivity index (χ3n) is 0.914. The van der Waals surface area contributed by atoms with Crippen molar-refractivity contribution in [1.82, 2.24) is 0 Å². The molecule has 0 radical (unpaired) electrons. The second-order valence-electron chi connectivity index (χ2n) is 2.16. The topological polar surface area (TPSA) is 115 Å². The normalized spacial score (nSPS) is 12.3. The molecule has 0 atom stereocenters. The van der Waals surface area contributed by atoms with Crippen molar-refractivity contribution in [2.24, 2.45) is 0 Å². The first kappa shape index (κ1) is 15.5. The van der Waals surface area contributed by atoms with Crippen molar-refractivity contribution < 1.29 is 27.4 Å². The van der Waals surface area contributed by atoms with Crippen LogP contribution in [0.3, 0.4) is 0 Å². The van der Waals surface area contributed by atoms with Crippen LogP contribution in [0.4, 0.5) is 0 Å². The van der Waals surface area contributed by atoms with Gasteiger partial charge in [-0.3, -0.25) is 4.55 Å². The van der Waals surface area contributed by atoms with Crippen LogP contribution in [0.1, 0.15) is 6.42 Å². The Labute approximate surface area is 93.6 Å². The van der Waals surface area contributed by atoms with Crippen molar-refractivity contribution in [1.29, 1.82) is 0 Å². The summed E-state index contributed by atoms with van der Waals surface area (Å²) in [5, 5.41) is 0. The van der Waals surface area contributed by atoms with Crippen LogP contribution >= 0.6 is 0 Å². The second kappa shape index (κ2) is 5.68. The van der Waals surface area contributed by atoms with E-state index >= 15 is 0 Å². The fourth-order valence-corrected chi connectivity index (χ4v) is 1.91. The van der Waals surface area contributed by atoms with Crippen molar-refractivity contribution in [2.75, 3.05) is 5.75 Å². The summed E-state index contributed by atoms with van der Waals surface area (Å²) in [6, 6.07) is -0.382. The Morgan fingerprint density at radius 2 is 1.58 bits per heavy atom. The quantitative estimate of drug-likeness (QED) is 0.312. The van der Waals surface area contributed by atoms with E-state index in [1.54, 1.807) is 0 Å². The second-order valence-corrected chi connectivity index (χ2v) is 5.78. The average Bonchev–Trinajstić information content (AvgIpc) is 1.55. The Kier molecular flexibility index (Phi) is 7.32. The first-order valence-electron chi connectivity index (χ1n) is 2.83. The zero-order valence-corrected chi connectivity index (χ0v) is 7.45. The van der Waals surface area contributed by atoms with Gasteiger partial charge in [0.05, 0.1) is 5.75 Å². The molecule has 9 heteroatoms. The molecule has 0 bridgehead atoms. The summed E-state index contributed by atoms with van der Waals surface area (Å²) in [5.74, 6) is -0.566. The van der Waals surface area contributed by atoms with Crippen molar-refractivity contribution in [3.63, 3.8) is 0 Å². The predicted octanol–water partition coefficient (Wildman–Crippen LogP) is -2.47. The summed E-state index contributed by atoms with van der Waals surface area (Å²) in [4.78, 5) is 25.2. The van der Waals surface area contributed by atoms with Gasteiger partial charge in [-0.25, -0.2) is 0 Å². The Balaban J connectivity index is 0. The number of hydrogen-bond acceptors (Lipinski definition) is 5. The Hall–Kier alpha value is 1.01. The van der Waals surface area contributed by atoms with E-state index < -0.39 is 24.7 Å². The molecule has 0 heterocycles. The minimum atomic E-state index is -4.13. The molecule has 0 aromatic carbocycles. The molecule has 12 heavy (non-hydrogen) atoms. The summed E-state index contributed by atoms with van der Waals surface area (Å²) >= 11 is 0. The Bertz CT molecular complexity index is 207. The molecule has 0 saturated carbocycles. The van der Waals surface area contributed by atoms with Gasteiger partial charge < -0.3 is 14.4 Å². The summed E-state index contributed by atoms with van der Waals surface area (Å²) in [5.41, 5.74) is 0. The van der Waals surface area contributed by atoms with E-state index in [1.807, 2.05) is 0 Å². The summed E-state index contributed by atoms with van der Waals surface area (Å²) < 4.78 is 28.2. The minimum absolute atomic E-state index is 0. The molecule has 0 aromatic rings. The van der Waals surface area contributed by atoms with Gasteiger partial charge in [0.2, 0.25) is 0 Å². The average molecular weight is 226 g/mol. The first-order valence-corrected chi connectivity index (χ1v) is 6.49. The maximum absolute atomic E-state index is 10.0. The van der Waals surface area contributed by atoms with Crippen LogP contribution in [0.15, 0.2) is 0 Å². The number of rotatable bonds is 4. The van der Waals surface area contributed by atoms with Crippen LogP contribution in [0.25, 0.3) is 0 Å². The van der Waals surface area contributed by atoms with Crippen LogP contribution < -0.4 is 0 Å². The molecule has 0 aliphatic rings. The van der Waals surface area contributed by atoms with Crippen LogP contribution in [0, 0.1) is 0 Å². The van der Waals surface area contributed by atoms with Crippen LogP contribution in [0.2, 0.25) is 6.04 Å². The summed E-state index contributed by atoms with van der Waals surface area (Å²) in [7, 11) is -8.19. The van der Waals surface area contributed by atoms with Gasteiger partial charge in [-0.05, 0) is 6.42 Å². The molecule has 0 rings (SSSR count). The van der Waals surface area contributed by atoms with Gasteiger partial charge in [0.15, 0.2) is 0 Å². The summed E-state index contributed by atoms with van der Waals surface area (Å²) in [6.45, 7) is 0. The van der Waals surface area contributed by atoms with E-state index in [0.717, 1.165) is 0 Å². The van der Waals surface area contributed by atoms with Gasteiger partial charge in [0.25, 0.3) is 10.1 Å². The molecule has 4 N–H and O–H groups in total. The molecule has 0 aliphatic heterocycles. The zero-order valence-electron chi connectivity index (χ0n) is 5.63. The molecular formula is C3H11NaO6SSi. The SMILES string of the molecule is O=S(=O)(O)CCC[Si](O)(O)O.[NaH]. The van der Waals surface area contributed by atoms with Gasteiger partial charge in [0.1, 0.15) is 0 Å². The third kappa shape index (κ3) is 13.6. The van der Waals surface area contributed by atoms with Crippen molar-refractivity contribution in [2.45, 2.75) is 12.5 Å². The van der Waals surface area contributed by atoms with Gasteiger partial charge in [-0.2, -0.15) is 8.42 Å². The molecule has 0 aromatic heterocycles. The van der Waals surface area contributed by atoms with E-state index in [0.29, 0.717) is 0 Å². The van der Waals surface area contributed by atoms with Gasteiger partial charge in [0, 0.05) is 6.04 Å². The molecular weight excluding hydrogens is 215 g/mol. The Morgan fingerprint density at radius 1 is 1.17 bits per heavy atom. The van der Waals surface area contributed by atoms with Crippen molar-refractivity contribution in [3.8, 4) is 0 Å². The van der Waals surface area contributed by atoms with Gasteiger partial charge >= 0.3 is 38.4 Å². The predicted molar refractivity (Wildman–Crippen MR) is 45.4 cm³/mol. The number of hydrogen-bond donors (Lipinski definition) is 4. The van der Waals surface area contributed by atoms with Gasteiger partial charge in [-0.15, -0.1) is 0 Å². The molecule has 0 amide bonds. The molecule has 0 fully saturated rings. The van der Waals surface area contributed by atoms with E-state index in [9.17, 15) is 8.42 Å². The monoisotopic (exact) mass is 226 g/mol. The molecule has 70 valence electrons. The zero-order chi connectivity index (χ0) is 9.12. The molecule has 0 aliphatic carbocycles. The van der Waals surface area contributed by atoms with Crippen molar-refractivity contribution >= 4 is 48.5 Å². The molecule has 0 saturated heterocycles. The first-order chi connectivity index (χ1) is 4.71. The fourth-order valence-electron chi connectivity index (χ4n) is 0.492. The van der Waals surface area contributed by atoms with Gasteiger partial charge in [-0.1, -0.05) is 0 Å². The van der Waals surface area contributed by atoms with E-state index in [1.165, 1.54) is 0 Å². The molecule has 6 nitrogen and oxygen atoms in total. The van der Waals surface area contributed by atoms with Crippen LogP contribution in [-0.4, -0.2) is 71.5 Å². The van der Waals surface area contributed by atoms with E-state index in [-0.39, 0.29) is 42.0 Å². The van der Waals surface area contributed by atoms with E-state index in [4.69, 9.17) is 18.9 Å². The summed E-state index contributed by atoms with van der Waals surface area (Å²) in [6.07, 6.45) is -0.158. The molecule has 0 spiro atoms. The van der Waals surface area contributed by atoms with Crippen LogP contribution in [0.5, 0.6) is 0 Å². The maximum atomic E-state index is 10.0. The Morgan fingerprint density at radius 3 is 1.83 bits per heavy atom. The van der Waals surface area contributed by atoms with Crippen LogP contribution in [-0.2, 0) is 10.1 Å². The van der Waals surface area contributed by atoms with Crippen molar-refractivity contribution in [3.05, 3.63) is 0 Å². The molecule has 0 unspecified atom stereocenters.